The van der Waals surface area contributed by atoms with Crippen molar-refractivity contribution in [2.45, 2.75) is 63.8 Å². The first kappa shape index (κ1) is 28.7. The third-order valence-electron chi connectivity index (χ3n) is 4.42. The minimum absolute atomic E-state index is 0.356. The van der Waals surface area contributed by atoms with Gasteiger partial charge in [0.1, 0.15) is 24.2 Å². The number of hydrogen-bond donors (Lipinski definition) is 8. The monoisotopic (exact) mass is 459 g/mol. The van der Waals surface area contributed by atoms with Crippen LogP contribution >= 0.6 is 0 Å². The van der Waals surface area contributed by atoms with Gasteiger partial charge in [0.05, 0.1) is 19.1 Å². The molecule has 32 heavy (non-hydrogen) atoms. The Morgan fingerprint density at radius 2 is 1.28 bits per heavy atom. The molecule has 0 saturated heterocycles. The van der Waals surface area contributed by atoms with Crippen molar-refractivity contribution >= 4 is 35.4 Å². The van der Waals surface area contributed by atoms with E-state index < -0.39 is 78.7 Å². The summed E-state index contributed by atoms with van der Waals surface area (Å²) in [7, 11) is 1.34. The molecule has 0 aliphatic carbocycles. The number of rotatable bonds is 13. The molecule has 6 amide bonds. The lowest BCUT2D eigenvalue weighted by Crippen LogP contribution is -2.58. The van der Waals surface area contributed by atoms with Crippen LogP contribution in [0, 0.1) is 0 Å². The smallest absolute Gasteiger partial charge is 0.243 e. The molecule has 14 heteroatoms. The quantitative estimate of drug-likeness (QED) is 0.133. The summed E-state index contributed by atoms with van der Waals surface area (Å²) in [6.45, 7) is 3.63. The summed E-state index contributed by atoms with van der Waals surface area (Å²) >= 11 is 0. The average molecular weight is 460 g/mol. The van der Waals surface area contributed by atoms with Crippen LogP contribution in [0.3, 0.4) is 0 Å². The van der Waals surface area contributed by atoms with Gasteiger partial charge in [-0.2, -0.15) is 0 Å². The molecule has 0 aliphatic rings. The second-order valence-electron chi connectivity index (χ2n) is 7.06. The van der Waals surface area contributed by atoms with Crippen molar-refractivity contribution in [3.8, 4) is 0 Å². The van der Waals surface area contributed by atoms with E-state index in [9.17, 15) is 28.8 Å². The van der Waals surface area contributed by atoms with Gasteiger partial charge >= 0.3 is 0 Å². The van der Waals surface area contributed by atoms with Crippen molar-refractivity contribution in [3.63, 3.8) is 0 Å². The van der Waals surface area contributed by atoms with Gasteiger partial charge in [0.2, 0.25) is 35.4 Å². The minimum atomic E-state index is -1.37. The maximum Gasteiger partial charge on any atom is 0.243 e. The van der Waals surface area contributed by atoms with Crippen LogP contribution in [0.4, 0.5) is 0 Å². The highest BCUT2D eigenvalue weighted by Crippen LogP contribution is 1.98. The van der Waals surface area contributed by atoms with E-state index in [-0.39, 0.29) is 0 Å². The standard InChI is InChI=1S/C18H33N7O7/c1-5-10(19)17(31)22-8(2)15(29)24-11(6-13(27)21-4)18(32)23-9(3)16(30)25-12(7-26)14(20)28/h8-12,26H,5-7,19H2,1-4H3,(H2,20,28)(H,21,27)(H,22,31)(H,23,32)(H,24,29)(H,25,30)/t8-,9-,10-,11?,12-/m0/s1. The molecule has 1 unspecified atom stereocenters. The fourth-order valence-electron chi connectivity index (χ4n) is 2.25. The van der Waals surface area contributed by atoms with Crippen LogP contribution in [0.1, 0.15) is 33.6 Å². The van der Waals surface area contributed by atoms with Crippen LogP contribution in [0.25, 0.3) is 0 Å². The predicted molar refractivity (Wildman–Crippen MR) is 112 cm³/mol. The summed E-state index contributed by atoms with van der Waals surface area (Å²) in [4.78, 5) is 71.9. The van der Waals surface area contributed by atoms with Crippen LogP contribution in [0.2, 0.25) is 0 Å². The number of hydrogen-bond acceptors (Lipinski definition) is 8. The normalized spacial score (nSPS) is 15.2. The first-order valence-electron chi connectivity index (χ1n) is 9.95. The molecular weight excluding hydrogens is 426 g/mol. The lowest BCUT2D eigenvalue weighted by atomic mass is 10.1. The van der Waals surface area contributed by atoms with E-state index in [1.54, 1.807) is 6.92 Å². The number of aliphatic hydroxyl groups excluding tert-OH is 1. The van der Waals surface area contributed by atoms with E-state index in [0.29, 0.717) is 6.42 Å². The van der Waals surface area contributed by atoms with Gasteiger partial charge in [-0.25, -0.2) is 0 Å². The topological polar surface area (TPSA) is 235 Å². The molecule has 0 aromatic carbocycles. The molecule has 0 fully saturated rings. The number of aliphatic hydroxyl groups is 1. The highest BCUT2D eigenvalue weighted by atomic mass is 16.3. The summed E-state index contributed by atoms with van der Waals surface area (Å²) in [5.74, 6) is -4.54. The van der Waals surface area contributed by atoms with E-state index in [1.807, 2.05) is 0 Å². The number of nitrogens with two attached hydrogens (primary N) is 2. The number of carbonyl (C=O) groups is 6. The Morgan fingerprint density at radius 3 is 1.69 bits per heavy atom. The molecule has 10 N–H and O–H groups in total. The summed E-state index contributed by atoms with van der Waals surface area (Å²) < 4.78 is 0. The molecule has 0 spiro atoms. The summed E-state index contributed by atoms with van der Waals surface area (Å²) in [6, 6.07) is -5.78. The molecule has 182 valence electrons. The van der Waals surface area contributed by atoms with E-state index in [2.05, 4.69) is 26.6 Å². The van der Waals surface area contributed by atoms with Crippen LogP contribution in [-0.2, 0) is 28.8 Å². The fourth-order valence-corrected chi connectivity index (χ4v) is 2.25. The molecule has 14 nitrogen and oxygen atoms in total. The molecule has 0 rings (SSSR count). The molecule has 0 bridgehead atoms. The van der Waals surface area contributed by atoms with Gasteiger partial charge < -0.3 is 43.2 Å². The van der Waals surface area contributed by atoms with Crippen LogP contribution in [0.5, 0.6) is 0 Å². The summed E-state index contributed by atoms with van der Waals surface area (Å²) in [5, 5.41) is 20.6. The predicted octanol–water partition coefficient (Wildman–Crippen LogP) is -4.68. The maximum atomic E-state index is 12.6. The average Bonchev–Trinajstić information content (AvgIpc) is 2.75. The number of amides is 6. The van der Waals surface area contributed by atoms with Crippen molar-refractivity contribution in [3.05, 3.63) is 0 Å². The molecule has 0 aromatic heterocycles. The molecule has 0 heterocycles. The Morgan fingerprint density at radius 1 is 0.812 bits per heavy atom. The van der Waals surface area contributed by atoms with E-state index >= 15 is 0 Å². The Balaban J connectivity index is 5.20. The van der Waals surface area contributed by atoms with Gasteiger partial charge in [-0.1, -0.05) is 6.92 Å². The van der Waals surface area contributed by atoms with Gasteiger partial charge in [-0.15, -0.1) is 0 Å². The second kappa shape index (κ2) is 13.9. The largest absolute Gasteiger partial charge is 0.394 e. The fraction of sp³-hybridized carbons (Fsp3) is 0.667. The summed E-state index contributed by atoms with van der Waals surface area (Å²) in [5.41, 5.74) is 10.6. The highest BCUT2D eigenvalue weighted by Gasteiger charge is 2.29. The number of primary amides is 1. The van der Waals surface area contributed by atoms with Crippen molar-refractivity contribution in [1.29, 1.82) is 0 Å². The van der Waals surface area contributed by atoms with E-state index in [1.165, 1.54) is 20.9 Å². The third kappa shape index (κ3) is 9.70. The van der Waals surface area contributed by atoms with Crippen molar-refractivity contribution in [1.82, 2.24) is 26.6 Å². The molecule has 0 aliphatic heterocycles. The SMILES string of the molecule is CC[C@H](N)C(=O)N[C@@H](C)C(=O)NC(CC(=O)NC)C(=O)N[C@@H](C)C(=O)N[C@@H](CO)C(N)=O. The molecule has 0 saturated carbocycles. The second-order valence-corrected chi connectivity index (χ2v) is 7.06. The third-order valence-corrected chi connectivity index (χ3v) is 4.42. The lowest BCUT2D eigenvalue weighted by molar-refractivity contribution is -0.135. The van der Waals surface area contributed by atoms with E-state index in [4.69, 9.17) is 16.6 Å². The zero-order chi connectivity index (χ0) is 25.0. The van der Waals surface area contributed by atoms with Gasteiger partial charge in [0.15, 0.2) is 0 Å². The number of carbonyl (C=O) groups excluding carboxylic acids is 6. The lowest BCUT2D eigenvalue weighted by Gasteiger charge is -2.23. The van der Waals surface area contributed by atoms with Crippen LogP contribution < -0.4 is 38.1 Å². The van der Waals surface area contributed by atoms with Crippen molar-refractivity contribution < 1.29 is 33.9 Å². The van der Waals surface area contributed by atoms with Gasteiger partial charge in [0, 0.05) is 7.05 Å². The van der Waals surface area contributed by atoms with Gasteiger partial charge in [-0.3, -0.25) is 28.8 Å². The summed E-state index contributed by atoms with van der Waals surface area (Å²) in [6.07, 6.45) is -0.0905. The zero-order valence-corrected chi connectivity index (χ0v) is 18.6. The Labute approximate surface area is 185 Å². The van der Waals surface area contributed by atoms with Crippen molar-refractivity contribution in [2.75, 3.05) is 13.7 Å². The maximum absolute atomic E-state index is 12.6. The zero-order valence-electron chi connectivity index (χ0n) is 18.6. The van der Waals surface area contributed by atoms with Crippen LogP contribution in [0.15, 0.2) is 0 Å². The minimum Gasteiger partial charge on any atom is -0.394 e. The first-order valence-corrected chi connectivity index (χ1v) is 9.95. The molecule has 0 radical (unpaired) electrons. The first-order chi connectivity index (χ1) is 14.9. The molecular formula is C18H33N7O7. The van der Waals surface area contributed by atoms with Crippen LogP contribution in [-0.4, -0.2) is 84.4 Å². The Kier molecular flexibility index (Phi) is 12.5. The van der Waals surface area contributed by atoms with Gasteiger partial charge in [-0.05, 0) is 20.3 Å². The Hall–Kier alpha value is -3.26. The molecule has 5 atom stereocenters. The highest BCUT2D eigenvalue weighted by molar-refractivity contribution is 5.97. The van der Waals surface area contributed by atoms with E-state index in [0.717, 1.165) is 0 Å². The van der Waals surface area contributed by atoms with Crippen molar-refractivity contribution in [2.24, 2.45) is 11.5 Å². The number of nitrogens with one attached hydrogen (secondary N) is 5. The van der Waals surface area contributed by atoms with Gasteiger partial charge in [0.25, 0.3) is 0 Å². The Bertz CT molecular complexity index is 716. The molecule has 0 aromatic rings.